The third kappa shape index (κ3) is 4.93. The van der Waals surface area contributed by atoms with Crippen molar-refractivity contribution in [2.45, 2.75) is 39.3 Å². The Morgan fingerprint density at radius 3 is 2.59 bits per heavy atom. The van der Waals surface area contributed by atoms with Crippen molar-refractivity contribution in [1.29, 1.82) is 0 Å². The second-order valence-corrected chi connectivity index (χ2v) is 11.2. The van der Waals surface area contributed by atoms with Gasteiger partial charge in [-0.3, -0.25) is 14.2 Å². The number of halogens is 1. The number of para-hydroxylation sites is 1. The monoisotopic (exact) mass is 572 g/mol. The first-order valence-corrected chi connectivity index (χ1v) is 14.5. The highest BCUT2D eigenvalue weighted by Crippen LogP contribution is 2.31. The van der Waals surface area contributed by atoms with Gasteiger partial charge in [-0.25, -0.2) is 14.2 Å². The molecule has 41 heavy (non-hydrogen) atoms. The summed E-state index contributed by atoms with van der Waals surface area (Å²) in [5.41, 5.74) is 2.66. The summed E-state index contributed by atoms with van der Waals surface area (Å²) in [5, 5.41) is 0.922. The summed E-state index contributed by atoms with van der Waals surface area (Å²) in [4.78, 5) is 46.9. The van der Waals surface area contributed by atoms with Gasteiger partial charge in [-0.15, -0.1) is 0 Å². The molecule has 1 saturated heterocycles. The summed E-state index contributed by atoms with van der Waals surface area (Å²) >= 11 is 1.22. The number of hydrogen-bond donors (Lipinski definition) is 0. The molecule has 0 aliphatic carbocycles. The van der Waals surface area contributed by atoms with Crippen LogP contribution in [-0.2, 0) is 20.9 Å². The number of thiazole rings is 1. The summed E-state index contributed by atoms with van der Waals surface area (Å²) in [6.07, 6.45) is 5.78. The Hall–Kier alpha value is -4.31. The third-order valence-electron chi connectivity index (χ3n) is 7.57. The smallest absolute Gasteiger partial charge is 0.338 e. The van der Waals surface area contributed by atoms with Crippen molar-refractivity contribution >= 4 is 40.2 Å². The number of likely N-dealkylation sites (tertiary alicyclic amines) is 1. The molecule has 1 atom stereocenters. The van der Waals surface area contributed by atoms with Gasteiger partial charge in [0.05, 0.1) is 28.5 Å². The van der Waals surface area contributed by atoms with Crippen molar-refractivity contribution in [3.05, 3.63) is 103 Å². The van der Waals surface area contributed by atoms with Crippen LogP contribution in [0.2, 0.25) is 0 Å². The number of rotatable bonds is 6. The van der Waals surface area contributed by atoms with Gasteiger partial charge in [0.2, 0.25) is 5.91 Å². The number of esters is 1. The van der Waals surface area contributed by atoms with Crippen molar-refractivity contribution < 1.29 is 18.7 Å². The molecule has 2 aromatic carbocycles. The molecule has 6 rings (SSSR count). The van der Waals surface area contributed by atoms with E-state index in [4.69, 9.17) is 4.74 Å². The Morgan fingerprint density at radius 1 is 1.12 bits per heavy atom. The molecule has 0 bridgehead atoms. The lowest BCUT2D eigenvalue weighted by Crippen LogP contribution is -2.39. The molecule has 10 heteroatoms. The average Bonchev–Trinajstić information content (AvgIpc) is 3.68. The molecular weight excluding hydrogens is 543 g/mol. The molecule has 2 aromatic heterocycles. The zero-order chi connectivity index (χ0) is 28.7. The topological polar surface area (TPSA) is 85.9 Å². The minimum atomic E-state index is -0.813. The number of nitrogens with zero attached hydrogens (tertiary/aromatic N) is 4. The number of carbonyl (C=O) groups is 2. The van der Waals surface area contributed by atoms with E-state index in [1.54, 1.807) is 26.0 Å². The molecule has 0 spiro atoms. The fourth-order valence-electron chi connectivity index (χ4n) is 5.63. The standard InChI is InChI=1S/C31H29FN4O4S/c1-3-40-30(39)27-19(2)33-31-36(28(27)20-10-12-22(32)13-11-20)29(38)25(41-31)16-21-17-35(24-9-5-4-8-23(21)24)18-26(37)34-14-6-7-15-34/h4-5,8-13,16-17,28H,3,6-7,14-15,18H2,1-2H3/b25-16+/t28-/m0/s1. The summed E-state index contributed by atoms with van der Waals surface area (Å²) in [6, 6.07) is 12.7. The molecule has 0 N–H and O–H groups in total. The Balaban J connectivity index is 1.48. The maximum Gasteiger partial charge on any atom is 0.338 e. The minimum absolute atomic E-state index is 0.0791. The van der Waals surface area contributed by atoms with Crippen molar-refractivity contribution in [3.8, 4) is 0 Å². The Bertz CT molecular complexity index is 1880. The van der Waals surface area contributed by atoms with Gasteiger partial charge in [0, 0.05) is 35.8 Å². The maximum atomic E-state index is 14.0. The lowest BCUT2D eigenvalue weighted by Gasteiger charge is -2.24. The van der Waals surface area contributed by atoms with Gasteiger partial charge in [0.1, 0.15) is 12.4 Å². The van der Waals surface area contributed by atoms with Crippen molar-refractivity contribution in [1.82, 2.24) is 14.0 Å². The van der Waals surface area contributed by atoms with Crippen LogP contribution in [0, 0.1) is 5.82 Å². The zero-order valence-corrected chi connectivity index (χ0v) is 23.6. The van der Waals surface area contributed by atoms with Gasteiger partial charge >= 0.3 is 5.97 Å². The van der Waals surface area contributed by atoms with E-state index in [2.05, 4.69) is 4.99 Å². The molecule has 1 amide bonds. The minimum Gasteiger partial charge on any atom is -0.463 e. The van der Waals surface area contributed by atoms with Crippen molar-refractivity contribution in [3.63, 3.8) is 0 Å². The maximum absolute atomic E-state index is 14.0. The number of ether oxygens (including phenoxy) is 1. The lowest BCUT2D eigenvalue weighted by molar-refractivity contribution is -0.139. The predicted octanol–water partition coefficient (Wildman–Crippen LogP) is 3.51. The molecule has 4 aromatic rings. The third-order valence-corrected chi connectivity index (χ3v) is 8.56. The fourth-order valence-corrected chi connectivity index (χ4v) is 6.66. The summed E-state index contributed by atoms with van der Waals surface area (Å²) in [6.45, 7) is 5.39. The van der Waals surface area contributed by atoms with E-state index in [9.17, 15) is 18.8 Å². The number of fused-ring (bicyclic) bond motifs is 2. The highest BCUT2D eigenvalue weighted by Gasteiger charge is 2.33. The van der Waals surface area contributed by atoms with Crippen LogP contribution in [0.3, 0.4) is 0 Å². The average molecular weight is 573 g/mol. The van der Waals surface area contributed by atoms with E-state index in [1.165, 1.54) is 28.0 Å². The molecule has 1 fully saturated rings. The van der Waals surface area contributed by atoms with Gasteiger partial charge in [-0.05, 0) is 56.5 Å². The second kappa shape index (κ2) is 10.9. The molecular formula is C31H29FN4O4S. The number of aromatic nitrogens is 2. The Kier molecular flexibility index (Phi) is 7.17. The summed E-state index contributed by atoms with van der Waals surface area (Å²) in [7, 11) is 0. The normalized spacial score (nSPS) is 17.2. The summed E-state index contributed by atoms with van der Waals surface area (Å²) in [5.74, 6) is -0.905. The highest BCUT2D eigenvalue weighted by molar-refractivity contribution is 7.07. The van der Waals surface area contributed by atoms with Crippen LogP contribution < -0.4 is 14.9 Å². The molecule has 0 radical (unpaired) electrons. The van der Waals surface area contributed by atoms with E-state index in [0.717, 1.165) is 42.4 Å². The first-order valence-electron chi connectivity index (χ1n) is 13.7. The van der Waals surface area contributed by atoms with Gasteiger partial charge in [0.25, 0.3) is 5.56 Å². The number of hydrogen-bond acceptors (Lipinski definition) is 6. The highest BCUT2D eigenvalue weighted by atomic mass is 32.1. The lowest BCUT2D eigenvalue weighted by atomic mass is 9.96. The largest absolute Gasteiger partial charge is 0.463 e. The summed E-state index contributed by atoms with van der Waals surface area (Å²) < 4.78 is 23.0. The van der Waals surface area contributed by atoms with Crippen LogP contribution in [0.5, 0.6) is 0 Å². The number of amides is 1. The molecule has 2 aliphatic rings. The molecule has 0 unspecified atom stereocenters. The van der Waals surface area contributed by atoms with E-state index in [-0.39, 0.29) is 30.2 Å². The number of carbonyl (C=O) groups excluding carboxylic acids is 2. The van der Waals surface area contributed by atoms with E-state index in [0.29, 0.717) is 20.6 Å². The number of allylic oxidation sites excluding steroid dienone is 1. The van der Waals surface area contributed by atoms with Crippen molar-refractivity contribution in [2.75, 3.05) is 19.7 Å². The fraction of sp³-hybridized carbons (Fsp3) is 0.290. The first-order chi connectivity index (χ1) is 19.9. The van der Waals surface area contributed by atoms with E-state index in [1.807, 2.05) is 46.0 Å². The van der Waals surface area contributed by atoms with Gasteiger partial charge in [-0.1, -0.05) is 41.7 Å². The molecule has 0 saturated carbocycles. The van der Waals surface area contributed by atoms with Crippen LogP contribution in [0.15, 0.2) is 75.8 Å². The van der Waals surface area contributed by atoms with E-state index >= 15 is 0 Å². The van der Waals surface area contributed by atoms with Crippen LogP contribution in [0.4, 0.5) is 4.39 Å². The van der Waals surface area contributed by atoms with Crippen LogP contribution in [-0.4, -0.2) is 45.6 Å². The molecule has 4 heterocycles. The molecule has 8 nitrogen and oxygen atoms in total. The van der Waals surface area contributed by atoms with Crippen LogP contribution >= 0.6 is 11.3 Å². The van der Waals surface area contributed by atoms with Gasteiger partial charge < -0.3 is 14.2 Å². The predicted molar refractivity (Wildman–Crippen MR) is 155 cm³/mol. The van der Waals surface area contributed by atoms with E-state index < -0.39 is 17.8 Å². The van der Waals surface area contributed by atoms with Crippen LogP contribution in [0.1, 0.15) is 43.9 Å². The van der Waals surface area contributed by atoms with Gasteiger partial charge in [-0.2, -0.15) is 0 Å². The first kappa shape index (κ1) is 26.9. The zero-order valence-electron chi connectivity index (χ0n) is 22.8. The van der Waals surface area contributed by atoms with Crippen LogP contribution in [0.25, 0.3) is 17.0 Å². The Morgan fingerprint density at radius 2 is 1.85 bits per heavy atom. The van der Waals surface area contributed by atoms with Gasteiger partial charge in [0.15, 0.2) is 4.80 Å². The van der Waals surface area contributed by atoms with Crippen molar-refractivity contribution in [2.24, 2.45) is 4.99 Å². The number of benzene rings is 2. The molecule has 210 valence electrons. The molecule has 2 aliphatic heterocycles. The SMILES string of the molecule is CCOC(=O)C1=C(C)N=c2s/c(=C/c3cn(CC(=O)N4CCCC4)c4ccccc34)c(=O)n2[C@H]1c1ccc(F)cc1. The second-order valence-electron chi connectivity index (χ2n) is 10.2. The quantitative estimate of drug-likeness (QED) is 0.331. The Labute approximate surface area is 239 Å².